The fraction of sp³-hybridized carbons (Fsp3) is 0.333. The Morgan fingerprint density at radius 1 is 1.10 bits per heavy atom. The monoisotopic (exact) mass is 404 g/mol. The predicted molar refractivity (Wildman–Crippen MR) is 118 cm³/mol. The van der Waals surface area contributed by atoms with Crippen LogP contribution in [-0.4, -0.2) is 41.6 Å². The largest absolute Gasteiger partial charge is 0.490 e. The number of hydrogen-bond donors (Lipinski definition) is 1. The molecule has 2 heterocycles. The number of piperidine rings is 1. The SMILES string of the molecule is CCNC(=NCc1ncc(-c2ccccc2)o1)N1CCC(Oc2ccccc2)CC1. The van der Waals surface area contributed by atoms with Gasteiger partial charge in [0.1, 0.15) is 18.4 Å². The van der Waals surface area contributed by atoms with Crippen LogP contribution in [-0.2, 0) is 6.54 Å². The van der Waals surface area contributed by atoms with E-state index in [9.17, 15) is 0 Å². The first kappa shape index (κ1) is 20.0. The lowest BCUT2D eigenvalue weighted by molar-refractivity contribution is 0.129. The zero-order chi connectivity index (χ0) is 20.6. The quantitative estimate of drug-likeness (QED) is 0.489. The van der Waals surface area contributed by atoms with Crippen molar-refractivity contribution in [3.8, 4) is 17.1 Å². The summed E-state index contributed by atoms with van der Waals surface area (Å²) in [5.74, 6) is 3.22. The van der Waals surface area contributed by atoms with E-state index < -0.39 is 0 Å². The van der Waals surface area contributed by atoms with Gasteiger partial charge in [0.05, 0.1) is 6.20 Å². The summed E-state index contributed by atoms with van der Waals surface area (Å²) in [4.78, 5) is 11.4. The Labute approximate surface area is 177 Å². The molecular weight excluding hydrogens is 376 g/mol. The molecule has 0 atom stereocenters. The zero-order valence-corrected chi connectivity index (χ0v) is 17.3. The molecule has 0 aliphatic carbocycles. The lowest BCUT2D eigenvalue weighted by Gasteiger charge is -2.34. The number of hydrogen-bond acceptors (Lipinski definition) is 4. The summed E-state index contributed by atoms with van der Waals surface area (Å²) in [6.45, 7) is 5.13. The number of para-hydroxylation sites is 1. The van der Waals surface area contributed by atoms with Crippen LogP contribution in [0.3, 0.4) is 0 Å². The minimum Gasteiger partial charge on any atom is -0.490 e. The van der Waals surface area contributed by atoms with Gasteiger partial charge < -0.3 is 19.4 Å². The molecule has 6 heteroatoms. The van der Waals surface area contributed by atoms with E-state index in [1.807, 2.05) is 60.7 Å². The lowest BCUT2D eigenvalue weighted by atomic mass is 10.1. The van der Waals surface area contributed by atoms with Crippen molar-refractivity contribution in [2.45, 2.75) is 32.4 Å². The summed E-state index contributed by atoms with van der Waals surface area (Å²) in [5, 5.41) is 3.39. The van der Waals surface area contributed by atoms with E-state index in [1.165, 1.54) is 0 Å². The van der Waals surface area contributed by atoms with Crippen LogP contribution in [0.5, 0.6) is 5.75 Å². The number of likely N-dealkylation sites (tertiary alicyclic amines) is 1. The van der Waals surface area contributed by atoms with E-state index in [0.717, 1.165) is 55.5 Å². The van der Waals surface area contributed by atoms with Crippen molar-refractivity contribution in [1.29, 1.82) is 0 Å². The van der Waals surface area contributed by atoms with Crippen LogP contribution in [0.4, 0.5) is 0 Å². The van der Waals surface area contributed by atoms with Crippen LogP contribution in [0.25, 0.3) is 11.3 Å². The van der Waals surface area contributed by atoms with Crippen LogP contribution in [0.2, 0.25) is 0 Å². The first-order chi connectivity index (χ1) is 14.8. The van der Waals surface area contributed by atoms with Gasteiger partial charge >= 0.3 is 0 Å². The molecule has 6 nitrogen and oxygen atoms in total. The Hall–Kier alpha value is -3.28. The molecule has 0 radical (unpaired) electrons. The highest BCUT2D eigenvalue weighted by Gasteiger charge is 2.22. The van der Waals surface area contributed by atoms with Gasteiger partial charge in [0.15, 0.2) is 11.7 Å². The number of nitrogens with zero attached hydrogens (tertiary/aromatic N) is 3. The minimum atomic E-state index is 0.242. The lowest BCUT2D eigenvalue weighted by Crippen LogP contribution is -2.47. The van der Waals surface area contributed by atoms with Crippen molar-refractivity contribution in [1.82, 2.24) is 15.2 Å². The summed E-state index contributed by atoms with van der Waals surface area (Å²) in [7, 11) is 0. The molecule has 1 aliphatic rings. The van der Waals surface area contributed by atoms with Gasteiger partial charge in [-0.1, -0.05) is 48.5 Å². The van der Waals surface area contributed by atoms with Crippen LogP contribution in [0.1, 0.15) is 25.7 Å². The smallest absolute Gasteiger partial charge is 0.216 e. The molecule has 1 fully saturated rings. The first-order valence-electron chi connectivity index (χ1n) is 10.6. The van der Waals surface area contributed by atoms with Gasteiger partial charge in [0, 0.05) is 38.0 Å². The van der Waals surface area contributed by atoms with E-state index in [4.69, 9.17) is 14.1 Å². The van der Waals surface area contributed by atoms with Crippen LogP contribution in [0, 0.1) is 0 Å². The molecule has 0 spiro atoms. The molecule has 1 N–H and O–H groups in total. The highest BCUT2D eigenvalue weighted by atomic mass is 16.5. The van der Waals surface area contributed by atoms with Crippen LogP contribution >= 0.6 is 0 Å². The maximum Gasteiger partial charge on any atom is 0.216 e. The third-order valence-electron chi connectivity index (χ3n) is 5.10. The van der Waals surface area contributed by atoms with Gasteiger partial charge in [-0.15, -0.1) is 0 Å². The molecule has 30 heavy (non-hydrogen) atoms. The zero-order valence-electron chi connectivity index (χ0n) is 17.3. The van der Waals surface area contributed by atoms with Crippen molar-refractivity contribution >= 4 is 5.96 Å². The van der Waals surface area contributed by atoms with Crippen LogP contribution < -0.4 is 10.1 Å². The molecule has 4 rings (SSSR count). The highest BCUT2D eigenvalue weighted by Crippen LogP contribution is 2.21. The second-order valence-electron chi connectivity index (χ2n) is 7.27. The van der Waals surface area contributed by atoms with E-state index in [0.29, 0.717) is 12.4 Å². The van der Waals surface area contributed by atoms with Gasteiger partial charge in [0.25, 0.3) is 0 Å². The summed E-state index contributed by atoms with van der Waals surface area (Å²) in [6.07, 6.45) is 3.94. The van der Waals surface area contributed by atoms with E-state index in [-0.39, 0.29) is 6.10 Å². The molecule has 3 aromatic rings. The predicted octanol–water partition coefficient (Wildman–Crippen LogP) is 4.35. The number of guanidine groups is 1. The number of oxazole rings is 1. The number of rotatable bonds is 6. The van der Waals surface area contributed by atoms with Gasteiger partial charge in [-0.05, 0) is 19.1 Å². The second-order valence-corrected chi connectivity index (χ2v) is 7.27. The highest BCUT2D eigenvalue weighted by molar-refractivity contribution is 5.80. The first-order valence-corrected chi connectivity index (χ1v) is 10.6. The standard InChI is InChI=1S/C24H28N4O2/c1-2-25-24(27-18-23-26-17-22(30-23)19-9-5-3-6-10-19)28-15-13-21(14-16-28)29-20-11-7-4-8-12-20/h3-12,17,21H,2,13-16,18H2,1H3,(H,25,27). The molecule has 0 unspecified atom stereocenters. The van der Waals surface area contributed by atoms with Gasteiger partial charge in [-0.25, -0.2) is 9.98 Å². The maximum absolute atomic E-state index is 6.11. The maximum atomic E-state index is 6.11. The molecule has 0 saturated carbocycles. The Morgan fingerprint density at radius 3 is 2.50 bits per heavy atom. The van der Waals surface area contributed by atoms with Gasteiger partial charge in [-0.2, -0.15) is 0 Å². The number of aromatic nitrogens is 1. The number of ether oxygens (including phenoxy) is 1. The second kappa shape index (κ2) is 9.96. The van der Waals surface area contributed by atoms with Crippen molar-refractivity contribution < 1.29 is 9.15 Å². The summed E-state index contributed by atoms with van der Waals surface area (Å²) in [6, 6.07) is 20.0. The van der Waals surface area contributed by atoms with E-state index in [1.54, 1.807) is 6.20 Å². The van der Waals surface area contributed by atoms with Crippen molar-refractivity contribution in [3.63, 3.8) is 0 Å². The van der Waals surface area contributed by atoms with E-state index >= 15 is 0 Å². The Kier molecular flexibility index (Phi) is 6.65. The normalized spacial score (nSPS) is 15.2. The van der Waals surface area contributed by atoms with Gasteiger partial charge in [0.2, 0.25) is 5.89 Å². The fourth-order valence-corrected chi connectivity index (χ4v) is 3.56. The molecule has 0 amide bonds. The third kappa shape index (κ3) is 5.20. The number of aliphatic imine (C=N–C) groups is 1. The van der Waals surface area contributed by atoms with E-state index in [2.05, 4.69) is 22.1 Å². The van der Waals surface area contributed by atoms with Crippen LogP contribution in [0.15, 0.2) is 76.3 Å². The average molecular weight is 405 g/mol. The topological polar surface area (TPSA) is 62.9 Å². The molecule has 0 bridgehead atoms. The van der Waals surface area contributed by atoms with Crippen molar-refractivity contribution in [2.24, 2.45) is 4.99 Å². The van der Waals surface area contributed by atoms with Gasteiger partial charge in [-0.3, -0.25) is 0 Å². The molecule has 1 aliphatic heterocycles. The third-order valence-corrected chi connectivity index (χ3v) is 5.10. The molecule has 156 valence electrons. The molecular formula is C24H28N4O2. The number of benzene rings is 2. The molecule has 2 aromatic carbocycles. The summed E-state index contributed by atoms with van der Waals surface area (Å²) in [5.41, 5.74) is 1.02. The number of nitrogens with one attached hydrogen (secondary N) is 1. The fourth-order valence-electron chi connectivity index (χ4n) is 3.56. The van der Waals surface area contributed by atoms with Crippen molar-refractivity contribution in [3.05, 3.63) is 72.8 Å². The molecule has 1 saturated heterocycles. The summed E-state index contributed by atoms with van der Waals surface area (Å²) < 4.78 is 12.0. The Bertz CT molecular complexity index is 932. The average Bonchev–Trinajstić information content (AvgIpc) is 3.28. The molecule has 1 aromatic heterocycles. The Balaban J connectivity index is 1.35. The minimum absolute atomic E-state index is 0.242. The van der Waals surface area contributed by atoms with Crippen molar-refractivity contribution in [2.75, 3.05) is 19.6 Å². The Morgan fingerprint density at radius 2 is 1.80 bits per heavy atom. The summed E-state index contributed by atoms with van der Waals surface area (Å²) >= 11 is 0.